The van der Waals surface area contributed by atoms with E-state index in [4.69, 9.17) is 16.3 Å². The van der Waals surface area contributed by atoms with Gasteiger partial charge < -0.3 is 20.3 Å². The van der Waals surface area contributed by atoms with E-state index in [1.54, 1.807) is 31.7 Å². The summed E-state index contributed by atoms with van der Waals surface area (Å²) in [4.78, 5) is 43.3. The predicted molar refractivity (Wildman–Crippen MR) is 123 cm³/mol. The Morgan fingerprint density at radius 2 is 1.82 bits per heavy atom. The number of piperidine rings is 1. The summed E-state index contributed by atoms with van der Waals surface area (Å²) in [5.74, 6) is -1.67. The fourth-order valence-electron chi connectivity index (χ4n) is 3.33. The van der Waals surface area contributed by atoms with Crippen molar-refractivity contribution in [1.82, 2.24) is 9.88 Å². The van der Waals surface area contributed by atoms with Crippen LogP contribution >= 0.6 is 11.6 Å². The lowest BCUT2D eigenvalue weighted by Gasteiger charge is -2.33. The highest BCUT2D eigenvalue weighted by atomic mass is 35.5. The topological polar surface area (TPSA) is 101 Å². The second-order valence-corrected chi connectivity index (χ2v) is 9.17. The maximum Gasteiger partial charge on any atom is 0.410 e. The van der Waals surface area contributed by atoms with Gasteiger partial charge in [0.25, 0.3) is 5.91 Å². The minimum absolute atomic E-state index is 0.0358. The van der Waals surface area contributed by atoms with Crippen LogP contribution in [0.25, 0.3) is 0 Å². The van der Waals surface area contributed by atoms with Crippen molar-refractivity contribution in [1.29, 1.82) is 0 Å². The molecule has 0 aliphatic carbocycles. The maximum atomic E-state index is 13.9. The highest BCUT2D eigenvalue weighted by Crippen LogP contribution is 2.24. The molecule has 2 N–H and O–H groups in total. The van der Waals surface area contributed by atoms with Gasteiger partial charge in [0, 0.05) is 25.2 Å². The van der Waals surface area contributed by atoms with Crippen LogP contribution in [0.3, 0.4) is 0 Å². The van der Waals surface area contributed by atoms with Gasteiger partial charge in [0.05, 0.1) is 16.3 Å². The number of carbonyl (C=O) groups excluding carboxylic acids is 3. The number of amides is 3. The van der Waals surface area contributed by atoms with Crippen molar-refractivity contribution in [3.05, 3.63) is 52.9 Å². The second-order valence-electron chi connectivity index (χ2n) is 8.74. The summed E-state index contributed by atoms with van der Waals surface area (Å²) < 4.78 is 19.2. The van der Waals surface area contributed by atoms with Gasteiger partial charge in [-0.2, -0.15) is 0 Å². The van der Waals surface area contributed by atoms with Crippen molar-refractivity contribution in [3.8, 4) is 0 Å². The van der Waals surface area contributed by atoms with Gasteiger partial charge in [-0.05, 0) is 63.9 Å². The second kappa shape index (κ2) is 10.2. The van der Waals surface area contributed by atoms with Crippen molar-refractivity contribution >= 4 is 41.0 Å². The smallest absolute Gasteiger partial charge is 0.410 e. The van der Waals surface area contributed by atoms with Gasteiger partial charge in [0.15, 0.2) is 0 Å². The largest absolute Gasteiger partial charge is 0.444 e. The third kappa shape index (κ3) is 6.89. The summed E-state index contributed by atoms with van der Waals surface area (Å²) in [7, 11) is 0. The normalized spacial score (nSPS) is 14.5. The van der Waals surface area contributed by atoms with Gasteiger partial charge in [-0.1, -0.05) is 11.6 Å². The van der Waals surface area contributed by atoms with Gasteiger partial charge in [0.2, 0.25) is 5.91 Å². The van der Waals surface area contributed by atoms with E-state index >= 15 is 0 Å². The van der Waals surface area contributed by atoms with Gasteiger partial charge in [0.1, 0.15) is 17.2 Å². The number of hydrogen-bond donors (Lipinski definition) is 2. The highest BCUT2D eigenvalue weighted by Gasteiger charge is 2.30. The molecule has 0 unspecified atom stereocenters. The summed E-state index contributed by atoms with van der Waals surface area (Å²) >= 11 is 5.80. The van der Waals surface area contributed by atoms with Crippen LogP contribution < -0.4 is 10.6 Å². The summed E-state index contributed by atoms with van der Waals surface area (Å²) in [6.45, 7) is 6.15. The van der Waals surface area contributed by atoms with E-state index < -0.39 is 23.4 Å². The number of carbonyl (C=O) groups is 3. The standard InChI is InChI=1S/C23H26ClFN4O4/c1-23(2,3)33-22(32)29-10-8-14(9-11-29)20(30)27-18-6-5-16(25)12-17(18)21(31)28-19-7-4-15(24)13-26-19/h4-7,12-14H,8-11H2,1-3H3,(H,27,30)(H,26,28,31). The number of likely N-dealkylation sites (tertiary alicyclic amines) is 1. The molecule has 0 saturated carbocycles. The van der Waals surface area contributed by atoms with Crippen molar-refractivity contribution < 1.29 is 23.5 Å². The van der Waals surface area contributed by atoms with Crippen molar-refractivity contribution in [3.63, 3.8) is 0 Å². The number of nitrogens with zero attached hydrogens (tertiary/aromatic N) is 2. The van der Waals surface area contributed by atoms with E-state index in [0.717, 1.165) is 12.1 Å². The number of halogens is 2. The first kappa shape index (κ1) is 24.4. The van der Waals surface area contributed by atoms with Crippen LogP contribution in [0, 0.1) is 11.7 Å². The monoisotopic (exact) mass is 476 g/mol. The number of aromatic nitrogens is 1. The minimum atomic E-state index is -0.626. The van der Waals surface area contributed by atoms with Crippen molar-refractivity contribution in [2.24, 2.45) is 5.92 Å². The van der Waals surface area contributed by atoms with Gasteiger partial charge in [-0.15, -0.1) is 0 Å². The lowest BCUT2D eigenvalue weighted by molar-refractivity contribution is -0.121. The molecule has 2 aromatic rings. The van der Waals surface area contributed by atoms with Crippen LogP contribution in [0.5, 0.6) is 0 Å². The number of nitrogens with one attached hydrogen (secondary N) is 2. The molecule has 2 heterocycles. The number of rotatable bonds is 4. The Morgan fingerprint density at radius 1 is 1.12 bits per heavy atom. The molecule has 3 amide bonds. The maximum absolute atomic E-state index is 13.9. The van der Waals surface area contributed by atoms with Crippen LogP contribution in [-0.4, -0.2) is 46.5 Å². The van der Waals surface area contributed by atoms with Gasteiger partial charge in [-0.25, -0.2) is 14.2 Å². The molecule has 1 aliphatic rings. The van der Waals surface area contributed by atoms with E-state index in [2.05, 4.69) is 15.6 Å². The minimum Gasteiger partial charge on any atom is -0.444 e. The summed E-state index contributed by atoms with van der Waals surface area (Å²) in [5.41, 5.74) is -0.444. The fraction of sp³-hybridized carbons (Fsp3) is 0.391. The van der Waals surface area contributed by atoms with E-state index in [-0.39, 0.29) is 28.9 Å². The predicted octanol–water partition coefficient (Wildman–Crippen LogP) is 4.71. The molecule has 1 fully saturated rings. The first-order chi connectivity index (χ1) is 15.5. The zero-order valence-corrected chi connectivity index (χ0v) is 19.4. The summed E-state index contributed by atoms with van der Waals surface area (Å²) in [6.07, 6.45) is 1.86. The van der Waals surface area contributed by atoms with E-state index in [1.165, 1.54) is 18.3 Å². The summed E-state index contributed by atoms with van der Waals surface area (Å²) in [6, 6.07) is 6.62. The number of benzene rings is 1. The van der Waals surface area contributed by atoms with Gasteiger partial charge >= 0.3 is 6.09 Å². The molecular formula is C23H26ClFN4O4. The SMILES string of the molecule is CC(C)(C)OC(=O)N1CCC(C(=O)Nc2ccc(F)cc2C(=O)Nc2ccc(Cl)cn2)CC1. The molecule has 0 radical (unpaired) electrons. The molecule has 8 nitrogen and oxygen atoms in total. The van der Waals surface area contributed by atoms with Gasteiger partial charge in [-0.3, -0.25) is 9.59 Å². The number of anilines is 2. The fourth-order valence-corrected chi connectivity index (χ4v) is 3.44. The average Bonchev–Trinajstić information content (AvgIpc) is 2.75. The molecule has 10 heteroatoms. The van der Waals surface area contributed by atoms with E-state index in [0.29, 0.717) is 31.0 Å². The molecular weight excluding hydrogens is 451 g/mol. The molecule has 1 aromatic carbocycles. The Hall–Kier alpha value is -3.20. The van der Waals surface area contributed by atoms with Crippen LogP contribution in [0.4, 0.5) is 20.7 Å². The number of ether oxygens (including phenoxy) is 1. The molecule has 1 aliphatic heterocycles. The molecule has 0 atom stereocenters. The Labute approximate surface area is 196 Å². The zero-order valence-electron chi connectivity index (χ0n) is 18.7. The third-order valence-electron chi connectivity index (χ3n) is 4.97. The quantitative estimate of drug-likeness (QED) is 0.665. The Bertz CT molecular complexity index is 1030. The van der Waals surface area contributed by atoms with Crippen molar-refractivity contribution in [2.75, 3.05) is 23.7 Å². The molecule has 176 valence electrons. The molecule has 1 aromatic heterocycles. The molecule has 1 saturated heterocycles. The van der Waals surface area contributed by atoms with Crippen LogP contribution in [0.1, 0.15) is 44.0 Å². The molecule has 0 bridgehead atoms. The zero-order chi connectivity index (χ0) is 24.2. The van der Waals surface area contributed by atoms with E-state index in [9.17, 15) is 18.8 Å². The highest BCUT2D eigenvalue weighted by molar-refractivity contribution is 6.30. The lowest BCUT2D eigenvalue weighted by Crippen LogP contribution is -2.43. The van der Waals surface area contributed by atoms with Crippen LogP contribution in [0.2, 0.25) is 5.02 Å². The number of hydrogen-bond acceptors (Lipinski definition) is 5. The van der Waals surface area contributed by atoms with Crippen LogP contribution in [0.15, 0.2) is 36.5 Å². The molecule has 3 rings (SSSR count). The van der Waals surface area contributed by atoms with E-state index in [1.807, 2.05) is 0 Å². The van der Waals surface area contributed by atoms with Crippen molar-refractivity contribution in [2.45, 2.75) is 39.2 Å². The average molecular weight is 477 g/mol. The lowest BCUT2D eigenvalue weighted by atomic mass is 9.96. The Morgan fingerprint density at radius 3 is 2.42 bits per heavy atom. The molecule has 0 spiro atoms. The number of pyridine rings is 1. The third-order valence-corrected chi connectivity index (χ3v) is 5.19. The first-order valence-electron chi connectivity index (χ1n) is 10.5. The summed E-state index contributed by atoms with van der Waals surface area (Å²) in [5, 5.41) is 5.69. The molecule has 33 heavy (non-hydrogen) atoms. The Balaban J connectivity index is 1.64. The first-order valence-corrected chi connectivity index (χ1v) is 10.9. The Kier molecular flexibility index (Phi) is 7.53. The van der Waals surface area contributed by atoms with Crippen LogP contribution in [-0.2, 0) is 9.53 Å².